The number of hydrogen-bond donors (Lipinski definition) is 1. The first-order chi connectivity index (χ1) is 13.6. The Bertz CT molecular complexity index is 831. The predicted octanol–water partition coefficient (Wildman–Crippen LogP) is 2.28. The minimum absolute atomic E-state index is 0.0474. The molecule has 1 fully saturated rings. The molecule has 7 nitrogen and oxygen atoms in total. The van der Waals surface area contributed by atoms with Gasteiger partial charge in [0.15, 0.2) is 0 Å². The molecule has 1 aromatic heterocycles. The summed E-state index contributed by atoms with van der Waals surface area (Å²) in [7, 11) is 1.35. The average molecular weight is 384 g/mol. The number of rotatable bonds is 6. The summed E-state index contributed by atoms with van der Waals surface area (Å²) in [4.78, 5) is 38.3. The standard InChI is InChI=1S/C21H24N2O5/c1-27-21(26)16-5-2-4-15(12-16)7-9-22-19(24)17-6-3-10-23(13-17)20(25)18-8-11-28-14-18/h2,4-5,8,11-12,14,17H,3,6-7,9-10,13H2,1H3,(H,22,24)/t17-/m0/s1. The number of hydrogen-bond acceptors (Lipinski definition) is 5. The SMILES string of the molecule is COC(=O)c1cccc(CCNC(=O)[C@H]2CCCN(C(=O)c3ccoc3)C2)c1. The molecule has 0 unspecified atom stereocenters. The second kappa shape index (κ2) is 9.21. The molecule has 1 atom stereocenters. The van der Waals surface area contributed by atoms with Gasteiger partial charge in [0.25, 0.3) is 5.91 Å². The minimum Gasteiger partial charge on any atom is -0.472 e. The molecule has 1 aromatic carbocycles. The van der Waals surface area contributed by atoms with Crippen LogP contribution in [0.2, 0.25) is 0 Å². The van der Waals surface area contributed by atoms with Crippen LogP contribution in [0.3, 0.4) is 0 Å². The molecule has 1 N–H and O–H groups in total. The summed E-state index contributed by atoms with van der Waals surface area (Å²) >= 11 is 0. The number of esters is 1. The fourth-order valence-corrected chi connectivity index (χ4v) is 3.39. The van der Waals surface area contributed by atoms with Crippen molar-refractivity contribution in [2.45, 2.75) is 19.3 Å². The van der Waals surface area contributed by atoms with Gasteiger partial charge in [0, 0.05) is 19.6 Å². The summed E-state index contributed by atoms with van der Waals surface area (Å²) in [5.74, 6) is -0.749. The van der Waals surface area contributed by atoms with Crippen LogP contribution in [0.5, 0.6) is 0 Å². The third-order valence-electron chi connectivity index (χ3n) is 4.91. The van der Waals surface area contributed by atoms with E-state index in [4.69, 9.17) is 9.15 Å². The number of nitrogens with one attached hydrogen (secondary N) is 1. The van der Waals surface area contributed by atoms with Crippen LogP contribution in [0.1, 0.15) is 39.1 Å². The number of benzene rings is 1. The maximum Gasteiger partial charge on any atom is 0.337 e. The lowest BCUT2D eigenvalue weighted by molar-refractivity contribution is -0.126. The third-order valence-corrected chi connectivity index (χ3v) is 4.91. The van der Waals surface area contributed by atoms with E-state index < -0.39 is 0 Å². The summed E-state index contributed by atoms with van der Waals surface area (Å²) in [6.45, 7) is 1.53. The second-order valence-electron chi connectivity index (χ2n) is 6.84. The van der Waals surface area contributed by atoms with E-state index in [0.717, 1.165) is 18.4 Å². The Morgan fingerprint density at radius 3 is 2.86 bits per heavy atom. The molecule has 28 heavy (non-hydrogen) atoms. The number of amides is 2. The monoisotopic (exact) mass is 384 g/mol. The van der Waals surface area contributed by atoms with Crippen LogP contribution in [-0.4, -0.2) is 49.4 Å². The van der Waals surface area contributed by atoms with Crippen molar-refractivity contribution in [3.63, 3.8) is 0 Å². The molecule has 1 aliphatic heterocycles. The van der Waals surface area contributed by atoms with Gasteiger partial charge in [0.2, 0.25) is 5.91 Å². The van der Waals surface area contributed by atoms with E-state index in [9.17, 15) is 14.4 Å². The first kappa shape index (κ1) is 19.7. The van der Waals surface area contributed by atoms with Crippen LogP contribution < -0.4 is 5.32 Å². The number of likely N-dealkylation sites (tertiary alicyclic amines) is 1. The van der Waals surface area contributed by atoms with Gasteiger partial charge in [-0.1, -0.05) is 12.1 Å². The molecule has 0 saturated carbocycles. The second-order valence-corrected chi connectivity index (χ2v) is 6.84. The lowest BCUT2D eigenvalue weighted by atomic mass is 9.96. The zero-order valence-electron chi connectivity index (χ0n) is 15.8. The van der Waals surface area contributed by atoms with Crippen molar-refractivity contribution in [1.29, 1.82) is 0 Å². The van der Waals surface area contributed by atoms with E-state index in [1.807, 2.05) is 6.07 Å². The Hall–Kier alpha value is -3.09. The van der Waals surface area contributed by atoms with Crippen LogP contribution in [0.25, 0.3) is 0 Å². The fraction of sp³-hybridized carbons (Fsp3) is 0.381. The summed E-state index contributed by atoms with van der Waals surface area (Å²) in [6, 6.07) is 8.80. The molecule has 1 aliphatic rings. The molecule has 0 spiro atoms. The van der Waals surface area contributed by atoms with Gasteiger partial charge in [-0.25, -0.2) is 4.79 Å². The Morgan fingerprint density at radius 1 is 1.25 bits per heavy atom. The van der Waals surface area contributed by atoms with E-state index >= 15 is 0 Å². The molecule has 0 radical (unpaired) electrons. The molecule has 2 heterocycles. The molecule has 2 amide bonds. The van der Waals surface area contributed by atoms with Gasteiger partial charge in [-0.3, -0.25) is 9.59 Å². The van der Waals surface area contributed by atoms with Crippen LogP contribution in [0.15, 0.2) is 47.3 Å². The third kappa shape index (κ3) is 4.79. The van der Waals surface area contributed by atoms with E-state index in [2.05, 4.69) is 5.32 Å². The van der Waals surface area contributed by atoms with E-state index in [1.165, 1.54) is 19.6 Å². The van der Waals surface area contributed by atoms with Crippen molar-refractivity contribution in [2.75, 3.05) is 26.7 Å². The molecule has 2 aromatic rings. The van der Waals surface area contributed by atoms with Crippen LogP contribution in [0, 0.1) is 5.92 Å². The minimum atomic E-state index is -0.379. The molecular weight excluding hydrogens is 360 g/mol. The maximum absolute atomic E-state index is 12.5. The predicted molar refractivity (Wildman–Crippen MR) is 102 cm³/mol. The Balaban J connectivity index is 1.49. The van der Waals surface area contributed by atoms with Crippen molar-refractivity contribution in [3.05, 3.63) is 59.5 Å². The van der Waals surface area contributed by atoms with Gasteiger partial charge in [-0.15, -0.1) is 0 Å². The summed E-state index contributed by atoms with van der Waals surface area (Å²) in [5, 5.41) is 2.95. The first-order valence-electron chi connectivity index (χ1n) is 9.35. The number of carbonyl (C=O) groups excluding carboxylic acids is 3. The molecule has 0 aliphatic carbocycles. The average Bonchev–Trinajstić information content (AvgIpc) is 3.27. The molecule has 0 bridgehead atoms. The summed E-state index contributed by atoms with van der Waals surface area (Å²) in [6.07, 6.45) is 5.06. The molecule has 148 valence electrons. The van der Waals surface area contributed by atoms with Crippen molar-refractivity contribution in [2.24, 2.45) is 5.92 Å². The number of piperidine rings is 1. The molecule has 3 rings (SSSR count). The van der Waals surface area contributed by atoms with Gasteiger partial charge in [0.05, 0.1) is 30.4 Å². The zero-order chi connectivity index (χ0) is 19.9. The summed E-state index contributed by atoms with van der Waals surface area (Å²) in [5.41, 5.74) is 1.95. The number of furan rings is 1. The molecular formula is C21H24N2O5. The number of ether oxygens (including phenoxy) is 1. The van der Waals surface area contributed by atoms with Gasteiger partial charge >= 0.3 is 5.97 Å². The van der Waals surface area contributed by atoms with E-state index in [-0.39, 0.29) is 23.7 Å². The van der Waals surface area contributed by atoms with Gasteiger partial charge < -0.3 is 19.4 Å². The highest BCUT2D eigenvalue weighted by atomic mass is 16.5. The maximum atomic E-state index is 12.5. The van der Waals surface area contributed by atoms with Crippen molar-refractivity contribution >= 4 is 17.8 Å². The highest BCUT2D eigenvalue weighted by molar-refractivity contribution is 5.94. The first-order valence-corrected chi connectivity index (χ1v) is 9.35. The Labute approximate surface area is 163 Å². The van der Waals surface area contributed by atoms with Crippen molar-refractivity contribution < 1.29 is 23.5 Å². The highest BCUT2D eigenvalue weighted by Gasteiger charge is 2.29. The Morgan fingerprint density at radius 2 is 2.11 bits per heavy atom. The number of methoxy groups -OCH3 is 1. The number of carbonyl (C=O) groups is 3. The largest absolute Gasteiger partial charge is 0.472 e. The smallest absolute Gasteiger partial charge is 0.337 e. The van der Waals surface area contributed by atoms with Crippen LogP contribution in [0.4, 0.5) is 0 Å². The summed E-state index contributed by atoms with van der Waals surface area (Å²) < 4.78 is 9.69. The fourth-order valence-electron chi connectivity index (χ4n) is 3.39. The van der Waals surface area contributed by atoms with E-state index in [1.54, 1.807) is 29.2 Å². The lowest BCUT2D eigenvalue weighted by Gasteiger charge is -2.31. The van der Waals surface area contributed by atoms with Gasteiger partial charge in [-0.2, -0.15) is 0 Å². The molecule has 1 saturated heterocycles. The topological polar surface area (TPSA) is 88.9 Å². The normalized spacial score (nSPS) is 16.5. The number of nitrogens with zero attached hydrogens (tertiary/aromatic N) is 1. The highest BCUT2D eigenvalue weighted by Crippen LogP contribution is 2.19. The quantitative estimate of drug-likeness (QED) is 0.772. The lowest BCUT2D eigenvalue weighted by Crippen LogP contribution is -2.45. The Kier molecular flexibility index (Phi) is 6.47. The van der Waals surface area contributed by atoms with E-state index in [0.29, 0.717) is 37.2 Å². The van der Waals surface area contributed by atoms with Crippen LogP contribution >= 0.6 is 0 Å². The van der Waals surface area contributed by atoms with Gasteiger partial charge in [-0.05, 0) is 43.0 Å². The van der Waals surface area contributed by atoms with Crippen LogP contribution in [-0.2, 0) is 16.0 Å². The van der Waals surface area contributed by atoms with Gasteiger partial charge in [0.1, 0.15) is 6.26 Å². The zero-order valence-corrected chi connectivity index (χ0v) is 15.8. The van der Waals surface area contributed by atoms with Crippen molar-refractivity contribution in [1.82, 2.24) is 10.2 Å². The molecule has 7 heteroatoms. The van der Waals surface area contributed by atoms with Crippen molar-refractivity contribution in [3.8, 4) is 0 Å².